The molecule has 0 amide bonds. The minimum atomic E-state index is 0.554. The van der Waals surface area contributed by atoms with Gasteiger partial charge < -0.3 is 0 Å². The molecule has 0 fully saturated rings. The van der Waals surface area contributed by atoms with Gasteiger partial charge in [-0.25, -0.2) is 0 Å². The van der Waals surface area contributed by atoms with Crippen LogP contribution in [0.1, 0.15) is 19.8 Å². The van der Waals surface area contributed by atoms with Gasteiger partial charge in [-0.05, 0) is 23.8 Å². The van der Waals surface area contributed by atoms with Gasteiger partial charge in [0.1, 0.15) is 0 Å². The predicted octanol–water partition coefficient (Wildman–Crippen LogP) is 2.82. The summed E-state index contributed by atoms with van der Waals surface area (Å²) in [6.45, 7) is 2.18. The van der Waals surface area contributed by atoms with Crippen LogP contribution in [-0.2, 0) is 0 Å². The zero-order valence-corrected chi connectivity index (χ0v) is 8.24. The molecule has 0 bridgehead atoms. The summed E-state index contributed by atoms with van der Waals surface area (Å²) in [5, 5.41) is 0. The Bertz CT molecular complexity index is 85.3. The summed E-state index contributed by atoms with van der Waals surface area (Å²) in [5.74, 6) is 2.37. The fourth-order valence-corrected chi connectivity index (χ4v) is 1.34. The first-order valence-corrected chi connectivity index (χ1v) is 5.00. The lowest BCUT2D eigenvalue weighted by Gasteiger charge is -2.02. The first kappa shape index (κ1) is 10.4. The van der Waals surface area contributed by atoms with Crippen LogP contribution in [0.4, 0.5) is 0 Å². The lowest BCUT2D eigenvalue weighted by Crippen LogP contribution is -1.98. The molecule has 0 heterocycles. The van der Waals surface area contributed by atoms with Crippen molar-refractivity contribution >= 4 is 25.3 Å². The second-order valence-corrected chi connectivity index (χ2v) is 3.07. The number of allylic oxidation sites excluding steroid dienone is 2. The molecule has 0 saturated heterocycles. The maximum atomic E-state index is 4.20. The third-order valence-corrected chi connectivity index (χ3v) is 2.27. The molecule has 0 saturated carbocycles. The zero-order valence-electron chi connectivity index (χ0n) is 6.45. The molecular formula is C8H16S2. The Morgan fingerprint density at radius 1 is 1.30 bits per heavy atom. The van der Waals surface area contributed by atoms with E-state index in [0.717, 1.165) is 11.5 Å². The van der Waals surface area contributed by atoms with E-state index in [4.69, 9.17) is 0 Å². The van der Waals surface area contributed by atoms with Crippen LogP contribution in [0.15, 0.2) is 12.2 Å². The van der Waals surface area contributed by atoms with E-state index in [2.05, 4.69) is 44.3 Å². The van der Waals surface area contributed by atoms with Gasteiger partial charge in [-0.1, -0.05) is 25.5 Å². The molecule has 60 valence electrons. The number of hydrogen-bond acceptors (Lipinski definition) is 2. The van der Waals surface area contributed by atoms with Gasteiger partial charge in [-0.2, -0.15) is 25.3 Å². The average Bonchev–Trinajstić information content (AvgIpc) is 1.99. The predicted molar refractivity (Wildman–Crippen MR) is 55.2 cm³/mol. The maximum absolute atomic E-state index is 4.20. The topological polar surface area (TPSA) is 0 Å². The zero-order chi connectivity index (χ0) is 7.82. The van der Waals surface area contributed by atoms with Crippen molar-refractivity contribution in [3.63, 3.8) is 0 Å². The Hall–Kier alpha value is 0.440. The Morgan fingerprint density at radius 2 is 1.90 bits per heavy atom. The first-order valence-electron chi connectivity index (χ1n) is 3.73. The molecule has 0 unspecified atom stereocenters. The highest BCUT2D eigenvalue weighted by atomic mass is 32.1. The van der Waals surface area contributed by atoms with Crippen molar-refractivity contribution in [1.29, 1.82) is 0 Å². The minimum Gasteiger partial charge on any atom is -0.179 e. The van der Waals surface area contributed by atoms with E-state index in [1.807, 2.05) is 0 Å². The minimum absolute atomic E-state index is 0.554. The van der Waals surface area contributed by atoms with Gasteiger partial charge >= 0.3 is 0 Å². The smallest absolute Gasteiger partial charge is 0.00270 e. The van der Waals surface area contributed by atoms with E-state index in [0.29, 0.717) is 5.92 Å². The van der Waals surface area contributed by atoms with Gasteiger partial charge in [0.2, 0.25) is 0 Å². The molecule has 0 aliphatic rings. The van der Waals surface area contributed by atoms with Crippen LogP contribution in [0.2, 0.25) is 0 Å². The molecule has 0 atom stereocenters. The van der Waals surface area contributed by atoms with Crippen molar-refractivity contribution in [3.8, 4) is 0 Å². The van der Waals surface area contributed by atoms with Gasteiger partial charge in [0.05, 0.1) is 0 Å². The summed E-state index contributed by atoms with van der Waals surface area (Å²) in [5.41, 5.74) is 0. The molecule has 0 rings (SSSR count). The van der Waals surface area contributed by atoms with Crippen LogP contribution in [0.5, 0.6) is 0 Å². The highest BCUT2D eigenvalue weighted by Gasteiger charge is 1.95. The highest BCUT2D eigenvalue weighted by Crippen LogP contribution is 2.04. The molecule has 0 spiro atoms. The molecule has 10 heavy (non-hydrogen) atoms. The molecular weight excluding hydrogens is 160 g/mol. The van der Waals surface area contributed by atoms with Crippen LogP contribution < -0.4 is 0 Å². The summed E-state index contributed by atoms with van der Waals surface area (Å²) in [4.78, 5) is 0. The summed E-state index contributed by atoms with van der Waals surface area (Å²) in [6, 6.07) is 0. The van der Waals surface area contributed by atoms with E-state index in [1.165, 1.54) is 12.8 Å². The summed E-state index contributed by atoms with van der Waals surface area (Å²) in [6.07, 6.45) is 6.83. The monoisotopic (exact) mass is 176 g/mol. The molecule has 0 aromatic rings. The third kappa shape index (κ3) is 5.24. The van der Waals surface area contributed by atoms with Crippen molar-refractivity contribution in [2.75, 3.05) is 11.5 Å². The third-order valence-electron chi connectivity index (χ3n) is 1.33. The first-order chi connectivity index (χ1) is 4.85. The molecule has 0 nitrogen and oxygen atoms in total. The van der Waals surface area contributed by atoms with Crippen LogP contribution >= 0.6 is 25.3 Å². The summed E-state index contributed by atoms with van der Waals surface area (Å²) >= 11 is 8.40. The fourth-order valence-electron chi connectivity index (χ4n) is 0.635. The molecule has 0 aliphatic carbocycles. The number of thiol groups is 2. The molecule has 0 radical (unpaired) electrons. The lowest BCUT2D eigenvalue weighted by molar-refractivity contribution is 0.851. The van der Waals surface area contributed by atoms with Crippen molar-refractivity contribution in [2.24, 2.45) is 5.92 Å². The number of rotatable bonds is 5. The Morgan fingerprint density at radius 3 is 2.30 bits per heavy atom. The molecule has 2 heteroatoms. The van der Waals surface area contributed by atoms with Crippen LogP contribution in [0.3, 0.4) is 0 Å². The van der Waals surface area contributed by atoms with Crippen LogP contribution in [0.25, 0.3) is 0 Å². The normalized spacial score (nSPS) is 11.6. The quantitative estimate of drug-likeness (QED) is 0.467. The number of unbranched alkanes of at least 4 members (excludes halogenated alkanes) is 1. The standard InChI is InChI=1S/C8H16S2/c1-2-3-4-5-8(6-9)7-10/h4-5,8-10H,2-3,6-7H2,1H3. The van der Waals surface area contributed by atoms with E-state index in [-0.39, 0.29) is 0 Å². The van der Waals surface area contributed by atoms with Crippen LogP contribution in [0, 0.1) is 5.92 Å². The number of hydrogen-bond donors (Lipinski definition) is 2. The second-order valence-electron chi connectivity index (χ2n) is 2.34. The van der Waals surface area contributed by atoms with Gasteiger partial charge in [0, 0.05) is 0 Å². The Balaban J connectivity index is 3.40. The molecule has 0 N–H and O–H groups in total. The van der Waals surface area contributed by atoms with E-state index < -0.39 is 0 Å². The summed E-state index contributed by atoms with van der Waals surface area (Å²) < 4.78 is 0. The van der Waals surface area contributed by atoms with Crippen molar-refractivity contribution in [3.05, 3.63) is 12.2 Å². The molecule has 0 aliphatic heterocycles. The fraction of sp³-hybridized carbons (Fsp3) is 0.750. The SMILES string of the molecule is CCCC=CC(CS)CS. The van der Waals surface area contributed by atoms with E-state index >= 15 is 0 Å². The summed E-state index contributed by atoms with van der Waals surface area (Å²) in [7, 11) is 0. The highest BCUT2D eigenvalue weighted by molar-refractivity contribution is 7.81. The van der Waals surface area contributed by atoms with E-state index in [9.17, 15) is 0 Å². The molecule has 0 aromatic heterocycles. The second kappa shape index (κ2) is 7.55. The van der Waals surface area contributed by atoms with Crippen molar-refractivity contribution in [1.82, 2.24) is 0 Å². The maximum Gasteiger partial charge on any atom is -0.00270 e. The van der Waals surface area contributed by atoms with Gasteiger partial charge in [0.25, 0.3) is 0 Å². The Labute approximate surface area is 74.9 Å². The lowest BCUT2D eigenvalue weighted by atomic mass is 10.2. The van der Waals surface area contributed by atoms with Crippen molar-refractivity contribution < 1.29 is 0 Å². The van der Waals surface area contributed by atoms with Crippen molar-refractivity contribution in [2.45, 2.75) is 19.8 Å². The van der Waals surface area contributed by atoms with E-state index in [1.54, 1.807) is 0 Å². The van der Waals surface area contributed by atoms with Gasteiger partial charge in [-0.15, -0.1) is 0 Å². The average molecular weight is 176 g/mol. The molecule has 0 aromatic carbocycles. The van der Waals surface area contributed by atoms with Crippen LogP contribution in [-0.4, -0.2) is 11.5 Å². The van der Waals surface area contributed by atoms with Gasteiger partial charge in [0.15, 0.2) is 0 Å². The van der Waals surface area contributed by atoms with Gasteiger partial charge in [-0.3, -0.25) is 0 Å². The largest absolute Gasteiger partial charge is 0.179 e. The Kier molecular flexibility index (Phi) is 7.88.